The lowest BCUT2D eigenvalue weighted by atomic mass is 9.86. The number of amides is 2. The van der Waals surface area contributed by atoms with E-state index in [2.05, 4.69) is 15.6 Å². The summed E-state index contributed by atoms with van der Waals surface area (Å²) in [5.74, 6) is 0.206. The van der Waals surface area contributed by atoms with Gasteiger partial charge in [0.15, 0.2) is 0 Å². The Hall–Kier alpha value is -2.95. The summed E-state index contributed by atoms with van der Waals surface area (Å²) in [7, 11) is 0. The van der Waals surface area contributed by atoms with Crippen molar-refractivity contribution in [3.63, 3.8) is 0 Å². The fraction of sp³-hybridized carbons (Fsp3) is 0.375. The largest absolute Gasteiger partial charge is 0.327 e. The van der Waals surface area contributed by atoms with Crippen LogP contribution in [-0.2, 0) is 9.59 Å². The molecule has 2 aromatic carbocycles. The molecule has 29 heavy (non-hydrogen) atoms. The van der Waals surface area contributed by atoms with Crippen LogP contribution in [-0.4, -0.2) is 23.7 Å². The Morgan fingerprint density at radius 1 is 1.00 bits per heavy atom. The highest BCUT2D eigenvalue weighted by Gasteiger charge is 2.27. The second kappa shape index (κ2) is 9.03. The lowest BCUT2D eigenvalue weighted by Crippen LogP contribution is -2.42. The first kappa shape index (κ1) is 19.4. The van der Waals surface area contributed by atoms with E-state index in [9.17, 15) is 9.59 Å². The number of anilines is 1. The molecule has 150 valence electrons. The Labute approximate surface area is 171 Å². The number of fused-ring (bicyclic) bond motifs is 1. The van der Waals surface area contributed by atoms with Gasteiger partial charge in [-0.1, -0.05) is 80.6 Å². The molecule has 0 radical (unpaired) electrons. The van der Waals surface area contributed by atoms with E-state index in [-0.39, 0.29) is 11.8 Å². The van der Waals surface area contributed by atoms with Crippen LogP contribution in [0.1, 0.15) is 56.1 Å². The standard InChI is InChI=1S/C24H27N3O2/c28-21(16-15-17-9-3-1-4-10-17)26-23-24(29)25-20-14-8-7-13-19(20)22(27-23)18-11-5-2-6-12-18/h2,5-8,11-14,17,23H,1,3-4,9-10,15-16H2,(H,25,29)(H,26,28)/t23-/m0/s1. The molecular formula is C24H27N3O2. The van der Waals surface area contributed by atoms with Gasteiger partial charge in [0.2, 0.25) is 12.1 Å². The third-order valence-electron chi connectivity index (χ3n) is 5.80. The summed E-state index contributed by atoms with van der Waals surface area (Å²) in [6.07, 6.45) is 6.65. The molecule has 2 amide bonds. The average molecular weight is 389 g/mol. The zero-order chi connectivity index (χ0) is 20.1. The molecular weight excluding hydrogens is 362 g/mol. The monoisotopic (exact) mass is 389 g/mol. The lowest BCUT2D eigenvalue weighted by Gasteiger charge is -2.21. The van der Waals surface area contributed by atoms with Crippen LogP contribution < -0.4 is 10.6 Å². The number of benzene rings is 2. The van der Waals surface area contributed by atoms with Crippen molar-refractivity contribution in [1.82, 2.24) is 5.32 Å². The molecule has 5 nitrogen and oxygen atoms in total. The van der Waals surface area contributed by atoms with Crippen molar-refractivity contribution >= 4 is 23.2 Å². The number of carbonyl (C=O) groups is 2. The number of para-hydroxylation sites is 1. The molecule has 2 aliphatic rings. The topological polar surface area (TPSA) is 70.6 Å². The molecule has 5 heteroatoms. The fourth-order valence-corrected chi connectivity index (χ4v) is 4.22. The molecule has 2 aromatic rings. The van der Waals surface area contributed by atoms with Crippen LogP contribution in [0.4, 0.5) is 5.69 Å². The molecule has 4 rings (SSSR count). The number of carbonyl (C=O) groups excluding carboxylic acids is 2. The molecule has 0 saturated heterocycles. The Bertz CT molecular complexity index is 901. The smallest absolute Gasteiger partial charge is 0.269 e. The van der Waals surface area contributed by atoms with Crippen molar-refractivity contribution in [2.24, 2.45) is 10.9 Å². The van der Waals surface area contributed by atoms with Gasteiger partial charge < -0.3 is 10.6 Å². The van der Waals surface area contributed by atoms with Crippen LogP contribution in [0.25, 0.3) is 0 Å². The summed E-state index contributed by atoms with van der Waals surface area (Å²) in [6.45, 7) is 0. The minimum Gasteiger partial charge on any atom is -0.327 e. The highest BCUT2D eigenvalue weighted by molar-refractivity contribution is 6.19. The van der Waals surface area contributed by atoms with Crippen LogP contribution in [0.15, 0.2) is 59.6 Å². The van der Waals surface area contributed by atoms with Gasteiger partial charge in [0.05, 0.1) is 11.4 Å². The maximum atomic E-state index is 12.8. The maximum absolute atomic E-state index is 12.8. The molecule has 1 aliphatic carbocycles. The predicted molar refractivity (Wildman–Crippen MR) is 115 cm³/mol. The molecule has 1 fully saturated rings. The van der Waals surface area contributed by atoms with Crippen molar-refractivity contribution in [2.75, 3.05) is 5.32 Å². The second-order valence-electron chi connectivity index (χ2n) is 7.89. The van der Waals surface area contributed by atoms with E-state index in [1.54, 1.807) is 0 Å². The van der Waals surface area contributed by atoms with Crippen LogP contribution in [0.5, 0.6) is 0 Å². The fourth-order valence-electron chi connectivity index (χ4n) is 4.22. The van der Waals surface area contributed by atoms with Crippen LogP contribution in [0.3, 0.4) is 0 Å². The van der Waals surface area contributed by atoms with E-state index in [0.717, 1.165) is 17.5 Å². The molecule has 0 aromatic heterocycles. The number of nitrogens with zero attached hydrogens (tertiary/aromatic N) is 1. The highest BCUT2D eigenvalue weighted by atomic mass is 16.2. The summed E-state index contributed by atoms with van der Waals surface area (Å²) in [5.41, 5.74) is 3.18. The number of nitrogens with one attached hydrogen (secondary N) is 2. The number of hydrogen-bond acceptors (Lipinski definition) is 3. The molecule has 1 saturated carbocycles. The van der Waals surface area contributed by atoms with Gasteiger partial charge >= 0.3 is 0 Å². The number of hydrogen-bond donors (Lipinski definition) is 2. The van der Waals surface area contributed by atoms with E-state index < -0.39 is 6.17 Å². The van der Waals surface area contributed by atoms with E-state index in [1.807, 2.05) is 54.6 Å². The highest BCUT2D eigenvalue weighted by Crippen LogP contribution is 2.27. The van der Waals surface area contributed by atoms with Gasteiger partial charge in [0.25, 0.3) is 5.91 Å². The van der Waals surface area contributed by atoms with Crippen molar-refractivity contribution < 1.29 is 9.59 Å². The first-order valence-corrected chi connectivity index (χ1v) is 10.5. The summed E-state index contributed by atoms with van der Waals surface area (Å²) < 4.78 is 0. The summed E-state index contributed by atoms with van der Waals surface area (Å²) >= 11 is 0. The lowest BCUT2D eigenvalue weighted by molar-refractivity contribution is -0.126. The van der Waals surface area contributed by atoms with Gasteiger partial charge in [-0.15, -0.1) is 0 Å². The minimum absolute atomic E-state index is 0.113. The Morgan fingerprint density at radius 2 is 1.72 bits per heavy atom. The van der Waals surface area contributed by atoms with Crippen LogP contribution in [0.2, 0.25) is 0 Å². The molecule has 2 N–H and O–H groups in total. The zero-order valence-corrected chi connectivity index (χ0v) is 16.6. The van der Waals surface area contributed by atoms with E-state index in [1.165, 1.54) is 32.1 Å². The number of aliphatic imine (C=N–C) groups is 1. The Morgan fingerprint density at radius 3 is 2.52 bits per heavy atom. The Balaban J connectivity index is 1.53. The molecule has 1 heterocycles. The molecule has 1 atom stereocenters. The number of rotatable bonds is 5. The van der Waals surface area contributed by atoms with E-state index >= 15 is 0 Å². The number of benzodiazepines with no additional fused rings is 1. The summed E-state index contributed by atoms with van der Waals surface area (Å²) in [5, 5.41) is 5.76. The molecule has 0 spiro atoms. The third kappa shape index (κ3) is 4.73. The van der Waals surface area contributed by atoms with Gasteiger partial charge in [0, 0.05) is 17.5 Å². The van der Waals surface area contributed by atoms with Gasteiger partial charge in [-0.2, -0.15) is 0 Å². The SMILES string of the molecule is O=C(CCC1CCCCC1)N[C@H]1N=C(c2ccccc2)c2ccccc2NC1=O. The summed E-state index contributed by atoms with van der Waals surface area (Å²) in [6, 6.07) is 17.4. The second-order valence-corrected chi connectivity index (χ2v) is 7.89. The zero-order valence-electron chi connectivity index (χ0n) is 16.6. The van der Waals surface area contributed by atoms with Crippen molar-refractivity contribution in [2.45, 2.75) is 51.1 Å². The predicted octanol–water partition coefficient (Wildman–Crippen LogP) is 4.28. The normalized spacial score (nSPS) is 19.5. The van der Waals surface area contributed by atoms with Crippen molar-refractivity contribution in [3.8, 4) is 0 Å². The first-order chi connectivity index (χ1) is 14.2. The van der Waals surface area contributed by atoms with Crippen molar-refractivity contribution in [3.05, 3.63) is 65.7 Å². The van der Waals surface area contributed by atoms with E-state index in [0.29, 0.717) is 23.7 Å². The molecule has 0 unspecified atom stereocenters. The maximum Gasteiger partial charge on any atom is 0.269 e. The molecule has 0 bridgehead atoms. The van der Waals surface area contributed by atoms with E-state index in [4.69, 9.17) is 0 Å². The van der Waals surface area contributed by atoms with Gasteiger partial charge in [0.1, 0.15) is 0 Å². The molecule has 1 aliphatic heterocycles. The Kier molecular flexibility index (Phi) is 6.03. The minimum atomic E-state index is -0.934. The van der Waals surface area contributed by atoms with Gasteiger partial charge in [-0.05, 0) is 18.4 Å². The van der Waals surface area contributed by atoms with Gasteiger partial charge in [-0.25, -0.2) is 4.99 Å². The van der Waals surface area contributed by atoms with Crippen LogP contribution in [0, 0.1) is 5.92 Å². The van der Waals surface area contributed by atoms with Gasteiger partial charge in [-0.3, -0.25) is 9.59 Å². The van der Waals surface area contributed by atoms with Crippen LogP contribution >= 0.6 is 0 Å². The first-order valence-electron chi connectivity index (χ1n) is 10.5. The average Bonchev–Trinajstić information content (AvgIpc) is 2.90. The summed E-state index contributed by atoms with van der Waals surface area (Å²) in [4.78, 5) is 30.0. The van der Waals surface area contributed by atoms with Crippen molar-refractivity contribution in [1.29, 1.82) is 0 Å². The third-order valence-corrected chi connectivity index (χ3v) is 5.80. The quantitative estimate of drug-likeness (QED) is 0.801.